The number of anilines is 1. The Labute approximate surface area is 169 Å². The first-order chi connectivity index (χ1) is 13.4. The fourth-order valence-electron chi connectivity index (χ4n) is 4.79. The first-order valence-electron chi connectivity index (χ1n) is 10.9. The molecule has 158 valence electrons. The van der Waals surface area contributed by atoms with E-state index < -0.39 is 0 Å². The van der Waals surface area contributed by atoms with Crippen molar-refractivity contribution in [1.82, 2.24) is 19.6 Å². The first-order valence-corrected chi connectivity index (χ1v) is 10.9. The van der Waals surface area contributed by atoms with Gasteiger partial charge in [-0.15, -0.1) is 0 Å². The Bertz CT molecular complexity index is 630. The average Bonchev–Trinajstić information content (AvgIpc) is 3.16. The van der Waals surface area contributed by atoms with Gasteiger partial charge in [-0.25, -0.2) is 9.48 Å². The molecule has 3 heterocycles. The number of urea groups is 1. The summed E-state index contributed by atoms with van der Waals surface area (Å²) < 4.78 is 7.46. The number of carbonyl (C=O) groups excluding carboxylic acids is 1. The molecule has 2 aliphatic rings. The lowest BCUT2D eigenvalue weighted by Crippen LogP contribution is -2.59. The lowest BCUT2D eigenvalue weighted by atomic mass is 9.83. The van der Waals surface area contributed by atoms with Crippen LogP contribution in [-0.4, -0.2) is 70.5 Å². The van der Waals surface area contributed by atoms with Gasteiger partial charge in [-0.1, -0.05) is 20.8 Å². The van der Waals surface area contributed by atoms with E-state index in [1.165, 1.54) is 0 Å². The van der Waals surface area contributed by atoms with Gasteiger partial charge in [0.15, 0.2) is 0 Å². The predicted octanol–water partition coefficient (Wildman–Crippen LogP) is 3.60. The number of piperidine rings is 1. The average molecular weight is 392 g/mol. The van der Waals surface area contributed by atoms with Crippen LogP contribution in [0.3, 0.4) is 0 Å². The summed E-state index contributed by atoms with van der Waals surface area (Å²) in [5.41, 5.74) is 0.216. The molecule has 0 saturated carbocycles. The predicted molar refractivity (Wildman–Crippen MR) is 112 cm³/mol. The van der Waals surface area contributed by atoms with Crippen LogP contribution in [0.25, 0.3) is 0 Å². The SMILES string of the molecule is CCC1(N2CCOCC2)CCN(C(=O)Nc2ccnn2C(C)CC(C)C)CC1. The number of amides is 2. The maximum Gasteiger partial charge on any atom is 0.323 e. The van der Waals surface area contributed by atoms with Gasteiger partial charge >= 0.3 is 6.03 Å². The molecule has 7 heteroatoms. The van der Waals surface area contributed by atoms with Crippen molar-refractivity contribution in [3.8, 4) is 0 Å². The minimum absolute atomic E-state index is 0.00909. The molecule has 7 nitrogen and oxygen atoms in total. The number of hydrogen-bond donors (Lipinski definition) is 1. The van der Waals surface area contributed by atoms with Crippen LogP contribution in [0, 0.1) is 5.92 Å². The summed E-state index contributed by atoms with van der Waals surface area (Å²) in [5.74, 6) is 1.38. The van der Waals surface area contributed by atoms with Gasteiger partial charge in [0.05, 0.1) is 25.5 Å². The normalized spacial score (nSPS) is 21.7. The van der Waals surface area contributed by atoms with E-state index in [9.17, 15) is 4.79 Å². The van der Waals surface area contributed by atoms with Crippen LogP contribution in [0.4, 0.5) is 10.6 Å². The Balaban J connectivity index is 1.58. The third-order valence-electron chi connectivity index (χ3n) is 6.46. The Kier molecular flexibility index (Phi) is 6.99. The molecule has 1 aromatic heterocycles. The van der Waals surface area contributed by atoms with Crippen molar-refractivity contribution < 1.29 is 9.53 Å². The van der Waals surface area contributed by atoms with Crippen molar-refractivity contribution in [3.63, 3.8) is 0 Å². The number of carbonyl (C=O) groups is 1. The molecular formula is C21H37N5O2. The second kappa shape index (κ2) is 9.27. The quantitative estimate of drug-likeness (QED) is 0.805. The zero-order valence-electron chi connectivity index (χ0n) is 18.0. The highest BCUT2D eigenvalue weighted by Gasteiger charge is 2.40. The second-order valence-electron chi connectivity index (χ2n) is 8.73. The summed E-state index contributed by atoms with van der Waals surface area (Å²) in [7, 11) is 0. The molecule has 1 N–H and O–H groups in total. The summed E-state index contributed by atoms with van der Waals surface area (Å²) in [5, 5.41) is 7.52. The number of morpholine rings is 1. The van der Waals surface area contributed by atoms with Gasteiger partial charge < -0.3 is 9.64 Å². The molecule has 2 saturated heterocycles. The number of nitrogens with zero attached hydrogens (tertiary/aromatic N) is 4. The molecule has 28 heavy (non-hydrogen) atoms. The second-order valence-corrected chi connectivity index (χ2v) is 8.73. The number of rotatable bonds is 6. The molecule has 0 bridgehead atoms. The molecule has 1 aromatic rings. The number of aromatic nitrogens is 2. The van der Waals surface area contributed by atoms with Crippen LogP contribution in [0.5, 0.6) is 0 Å². The van der Waals surface area contributed by atoms with Crippen LogP contribution in [0.2, 0.25) is 0 Å². The highest BCUT2D eigenvalue weighted by molar-refractivity contribution is 5.88. The van der Waals surface area contributed by atoms with Crippen molar-refractivity contribution in [3.05, 3.63) is 12.3 Å². The highest BCUT2D eigenvalue weighted by atomic mass is 16.5. The number of ether oxygens (including phenoxy) is 1. The van der Waals surface area contributed by atoms with Crippen LogP contribution in [0.1, 0.15) is 59.4 Å². The molecule has 3 rings (SSSR count). The van der Waals surface area contributed by atoms with Gasteiger partial charge in [0.2, 0.25) is 0 Å². The molecule has 2 fully saturated rings. The van der Waals surface area contributed by atoms with E-state index in [2.05, 4.69) is 43.0 Å². The van der Waals surface area contributed by atoms with E-state index in [4.69, 9.17) is 4.74 Å². The number of likely N-dealkylation sites (tertiary alicyclic amines) is 1. The molecule has 2 amide bonds. The standard InChI is InChI=1S/C21H37N5O2/c1-5-21(25-12-14-28-15-13-25)7-10-24(11-8-21)20(27)23-19-6-9-22-26(19)18(4)16-17(2)3/h6,9,17-18H,5,7-8,10-16H2,1-4H3,(H,23,27). The molecular weight excluding hydrogens is 354 g/mol. The smallest absolute Gasteiger partial charge is 0.323 e. The van der Waals surface area contributed by atoms with E-state index in [0.29, 0.717) is 5.92 Å². The lowest BCUT2D eigenvalue weighted by Gasteiger charge is -2.49. The monoisotopic (exact) mass is 391 g/mol. The van der Waals surface area contributed by atoms with Gasteiger partial charge in [0.25, 0.3) is 0 Å². The van der Waals surface area contributed by atoms with Crippen molar-refractivity contribution in [2.45, 2.75) is 65.0 Å². The minimum atomic E-state index is -0.00909. The van der Waals surface area contributed by atoms with E-state index in [0.717, 1.165) is 70.9 Å². The van der Waals surface area contributed by atoms with Crippen molar-refractivity contribution >= 4 is 11.8 Å². The third-order valence-corrected chi connectivity index (χ3v) is 6.46. The van der Waals surface area contributed by atoms with Crippen LogP contribution < -0.4 is 5.32 Å². The van der Waals surface area contributed by atoms with Crippen molar-refractivity contribution in [2.75, 3.05) is 44.7 Å². The van der Waals surface area contributed by atoms with Crippen molar-refractivity contribution in [1.29, 1.82) is 0 Å². The molecule has 0 aliphatic carbocycles. The van der Waals surface area contributed by atoms with E-state index in [-0.39, 0.29) is 17.6 Å². The molecule has 1 unspecified atom stereocenters. The Morgan fingerprint density at radius 1 is 1.21 bits per heavy atom. The molecule has 0 aromatic carbocycles. The van der Waals surface area contributed by atoms with Gasteiger partial charge in [-0.3, -0.25) is 10.2 Å². The minimum Gasteiger partial charge on any atom is -0.379 e. The van der Waals surface area contributed by atoms with Crippen molar-refractivity contribution in [2.24, 2.45) is 5.92 Å². The molecule has 2 aliphatic heterocycles. The number of hydrogen-bond acceptors (Lipinski definition) is 4. The summed E-state index contributed by atoms with van der Waals surface area (Å²) in [6, 6.07) is 2.15. The van der Waals surface area contributed by atoms with Gasteiger partial charge in [0.1, 0.15) is 5.82 Å². The van der Waals surface area contributed by atoms with Crippen LogP contribution in [0.15, 0.2) is 12.3 Å². The summed E-state index contributed by atoms with van der Waals surface area (Å²) in [4.78, 5) is 17.4. The molecule has 0 radical (unpaired) electrons. The first kappa shape index (κ1) is 21.1. The summed E-state index contributed by atoms with van der Waals surface area (Å²) >= 11 is 0. The van der Waals surface area contributed by atoms with E-state index >= 15 is 0 Å². The van der Waals surface area contributed by atoms with Gasteiger partial charge in [-0.2, -0.15) is 5.10 Å². The maximum absolute atomic E-state index is 12.9. The van der Waals surface area contributed by atoms with Gasteiger partial charge in [-0.05, 0) is 38.5 Å². The number of nitrogens with one attached hydrogen (secondary N) is 1. The summed E-state index contributed by atoms with van der Waals surface area (Å²) in [6.07, 6.45) is 5.98. The Hall–Kier alpha value is -1.60. The highest BCUT2D eigenvalue weighted by Crippen LogP contribution is 2.33. The third kappa shape index (κ3) is 4.69. The largest absolute Gasteiger partial charge is 0.379 e. The topological polar surface area (TPSA) is 62.6 Å². The fraction of sp³-hybridized carbons (Fsp3) is 0.810. The van der Waals surface area contributed by atoms with Crippen LogP contribution >= 0.6 is 0 Å². The lowest BCUT2D eigenvalue weighted by molar-refractivity contribution is -0.0449. The maximum atomic E-state index is 12.9. The molecule has 1 atom stereocenters. The van der Waals surface area contributed by atoms with E-state index in [1.54, 1.807) is 6.20 Å². The Morgan fingerprint density at radius 3 is 2.50 bits per heavy atom. The van der Waals surface area contributed by atoms with E-state index in [1.807, 2.05) is 15.6 Å². The van der Waals surface area contributed by atoms with Gasteiger partial charge in [0, 0.05) is 37.8 Å². The molecule has 0 spiro atoms. The Morgan fingerprint density at radius 2 is 1.89 bits per heavy atom. The summed E-state index contributed by atoms with van der Waals surface area (Å²) in [6.45, 7) is 14.1. The zero-order valence-corrected chi connectivity index (χ0v) is 18.0. The fourth-order valence-corrected chi connectivity index (χ4v) is 4.79. The zero-order chi connectivity index (χ0) is 20.1. The van der Waals surface area contributed by atoms with Crippen LogP contribution in [-0.2, 0) is 4.74 Å².